The van der Waals surface area contributed by atoms with Gasteiger partial charge in [0.15, 0.2) is 5.82 Å². The third-order valence-corrected chi connectivity index (χ3v) is 4.48. The third kappa shape index (κ3) is 7.37. The second-order valence-electron chi connectivity index (χ2n) is 7.38. The van der Waals surface area contributed by atoms with Gasteiger partial charge >= 0.3 is 0 Å². The van der Waals surface area contributed by atoms with Crippen molar-refractivity contribution in [3.8, 4) is 28.5 Å². The van der Waals surface area contributed by atoms with Crippen molar-refractivity contribution in [1.29, 1.82) is 0 Å². The van der Waals surface area contributed by atoms with Gasteiger partial charge in [-0.2, -0.15) is 5.10 Å². The van der Waals surface area contributed by atoms with Crippen molar-refractivity contribution in [3.63, 3.8) is 0 Å². The predicted octanol–water partition coefficient (Wildman–Crippen LogP) is 4.82. The van der Waals surface area contributed by atoms with Gasteiger partial charge in [0.25, 0.3) is 0 Å². The van der Waals surface area contributed by atoms with E-state index < -0.39 is 0 Å². The van der Waals surface area contributed by atoms with Crippen LogP contribution in [0.1, 0.15) is 20.3 Å². The molecule has 0 spiro atoms. The fourth-order valence-corrected chi connectivity index (χ4v) is 3.10. The van der Waals surface area contributed by atoms with Crippen molar-refractivity contribution in [2.75, 3.05) is 0 Å². The Balaban J connectivity index is 0.000000423. The minimum absolute atomic E-state index is 0. The summed E-state index contributed by atoms with van der Waals surface area (Å²) >= 11 is 0. The Bertz CT molecular complexity index is 1050. The van der Waals surface area contributed by atoms with Crippen LogP contribution >= 0.6 is 0 Å². The maximum absolute atomic E-state index is 13.3. The molecule has 2 unspecified atom stereocenters. The average molecular weight is 629 g/mol. The molecule has 1 heterocycles. The third-order valence-electron chi connectivity index (χ3n) is 4.48. The van der Waals surface area contributed by atoms with Crippen LogP contribution in [0.3, 0.4) is 0 Å². The Labute approximate surface area is 205 Å². The van der Waals surface area contributed by atoms with Gasteiger partial charge in [-0.25, -0.2) is 4.39 Å². The number of aliphatic hydroxyl groups is 2. The first-order valence-electron chi connectivity index (χ1n) is 10.2. The Hall–Kier alpha value is -2.77. The Morgan fingerprint density at radius 1 is 0.818 bits per heavy atom. The second-order valence-corrected chi connectivity index (χ2v) is 7.38. The SMILES string of the molecule is CC(O)CC(C)O.Fc1c[c-]c(-c2nnc(-c3ccc(F)cc3)n2-c2ccccc2)cc1.[Ir]. The van der Waals surface area contributed by atoms with Crippen LogP contribution < -0.4 is 0 Å². The van der Waals surface area contributed by atoms with Crippen LogP contribution in [0.25, 0.3) is 28.5 Å². The Morgan fingerprint density at radius 2 is 1.39 bits per heavy atom. The molecule has 33 heavy (non-hydrogen) atoms. The minimum atomic E-state index is -0.375. The summed E-state index contributed by atoms with van der Waals surface area (Å²) in [7, 11) is 0. The molecule has 0 amide bonds. The Morgan fingerprint density at radius 3 is 1.91 bits per heavy atom. The molecule has 3 aromatic carbocycles. The van der Waals surface area contributed by atoms with Crippen molar-refractivity contribution < 1.29 is 39.1 Å². The van der Waals surface area contributed by atoms with Crippen molar-refractivity contribution in [1.82, 2.24) is 14.8 Å². The van der Waals surface area contributed by atoms with Crippen LogP contribution in [-0.4, -0.2) is 37.2 Å². The van der Waals surface area contributed by atoms with Crippen LogP contribution in [0, 0.1) is 17.7 Å². The zero-order valence-electron chi connectivity index (χ0n) is 18.1. The number of aliphatic hydroxyl groups excluding tert-OH is 2. The van der Waals surface area contributed by atoms with Gasteiger partial charge in [0, 0.05) is 37.2 Å². The topological polar surface area (TPSA) is 71.2 Å². The number of rotatable bonds is 5. The molecule has 0 aliphatic heterocycles. The van der Waals surface area contributed by atoms with E-state index in [-0.39, 0.29) is 43.9 Å². The predicted molar refractivity (Wildman–Crippen MR) is 119 cm³/mol. The van der Waals surface area contributed by atoms with E-state index in [0.29, 0.717) is 23.6 Å². The molecule has 0 saturated heterocycles. The normalized spacial score (nSPS) is 12.2. The minimum Gasteiger partial charge on any atom is -0.393 e. The van der Waals surface area contributed by atoms with E-state index in [1.807, 2.05) is 34.9 Å². The standard InChI is InChI=1S/C20H12F2N3.C5H12O2.Ir/c21-16-10-6-14(7-11-16)19-23-24-20(15-8-12-17(22)13-9-15)25(19)18-4-2-1-3-5-18;1-4(6)3-5(2)7;/h1-8,10-13H;4-7H,3H2,1-2H3;/q-1;;. The molecule has 2 N–H and O–H groups in total. The number of benzene rings is 3. The van der Waals surface area contributed by atoms with E-state index in [4.69, 9.17) is 10.2 Å². The first-order chi connectivity index (χ1) is 15.3. The van der Waals surface area contributed by atoms with Crippen LogP contribution in [0.5, 0.6) is 0 Å². The summed E-state index contributed by atoms with van der Waals surface area (Å²) in [5.41, 5.74) is 2.19. The molecule has 8 heteroatoms. The molecule has 5 nitrogen and oxygen atoms in total. The van der Waals surface area contributed by atoms with Crippen LogP contribution in [0.15, 0.2) is 72.8 Å². The molecule has 0 aliphatic carbocycles. The van der Waals surface area contributed by atoms with Crippen molar-refractivity contribution in [2.24, 2.45) is 0 Å². The molecule has 0 saturated carbocycles. The maximum Gasteiger partial charge on any atom is 0.159 e. The van der Waals surface area contributed by atoms with Gasteiger partial charge < -0.3 is 14.8 Å². The van der Waals surface area contributed by atoms with Gasteiger partial charge in [-0.15, -0.1) is 34.9 Å². The maximum atomic E-state index is 13.3. The fraction of sp³-hybridized carbons (Fsp3) is 0.200. The van der Waals surface area contributed by atoms with Gasteiger partial charge in [-0.1, -0.05) is 18.2 Å². The number of halogens is 2. The molecule has 0 fully saturated rings. The zero-order chi connectivity index (χ0) is 23.1. The second kappa shape index (κ2) is 12.5. The molecule has 1 radical (unpaired) electrons. The largest absolute Gasteiger partial charge is 0.393 e. The van der Waals surface area contributed by atoms with Crippen molar-refractivity contribution >= 4 is 0 Å². The summed E-state index contributed by atoms with van der Waals surface area (Å²) < 4.78 is 28.3. The van der Waals surface area contributed by atoms with Gasteiger partial charge in [-0.05, 0) is 56.7 Å². The van der Waals surface area contributed by atoms with Gasteiger partial charge in [0.2, 0.25) is 0 Å². The van der Waals surface area contributed by atoms with E-state index in [1.54, 1.807) is 32.0 Å². The average Bonchev–Trinajstić information content (AvgIpc) is 3.20. The molecular weight excluding hydrogens is 605 g/mol. The van der Waals surface area contributed by atoms with E-state index in [9.17, 15) is 8.78 Å². The quantitative estimate of drug-likeness (QED) is 0.311. The molecular formula is C25H24F2IrN3O2-. The first-order valence-corrected chi connectivity index (χ1v) is 10.2. The smallest absolute Gasteiger partial charge is 0.159 e. The zero-order valence-corrected chi connectivity index (χ0v) is 20.5. The number of para-hydroxylation sites is 1. The molecule has 0 aliphatic rings. The summed E-state index contributed by atoms with van der Waals surface area (Å²) in [4.78, 5) is 0. The summed E-state index contributed by atoms with van der Waals surface area (Å²) in [5.74, 6) is 0.416. The Kier molecular flexibility index (Phi) is 10.0. The number of hydrogen-bond acceptors (Lipinski definition) is 4. The number of hydrogen-bond donors (Lipinski definition) is 2. The summed E-state index contributed by atoms with van der Waals surface area (Å²) in [6.07, 6.45) is -0.278. The number of nitrogens with zero attached hydrogens (tertiary/aromatic N) is 3. The molecule has 0 bridgehead atoms. The van der Waals surface area contributed by atoms with Crippen LogP contribution in [0.2, 0.25) is 0 Å². The molecule has 1 aromatic heterocycles. The van der Waals surface area contributed by atoms with E-state index >= 15 is 0 Å². The first kappa shape index (κ1) is 26.5. The number of aromatic nitrogens is 3. The van der Waals surface area contributed by atoms with E-state index in [1.165, 1.54) is 24.3 Å². The molecule has 175 valence electrons. The van der Waals surface area contributed by atoms with E-state index in [2.05, 4.69) is 16.3 Å². The molecule has 4 rings (SSSR count). The monoisotopic (exact) mass is 629 g/mol. The fourth-order valence-electron chi connectivity index (χ4n) is 3.10. The van der Waals surface area contributed by atoms with Crippen LogP contribution in [-0.2, 0) is 20.1 Å². The van der Waals surface area contributed by atoms with Gasteiger partial charge in [0.1, 0.15) is 5.82 Å². The van der Waals surface area contributed by atoms with Crippen molar-refractivity contribution in [2.45, 2.75) is 32.5 Å². The van der Waals surface area contributed by atoms with Gasteiger partial charge in [0.05, 0.1) is 18.0 Å². The van der Waals surface area contributed by atoms with Gasteiger partial charge in [-0.3, -0.25) is 4.39 Å². The summed E-state index contributed by atoms with van der Waals surface area (Å²) in [5, 5.41) is 25.7. The molecule has 2 atom stereocenters. The summed E-state index contributed by atoms with van der Waals surface area (Å²) in [6.45, 7) is 3.32. The van der Waals surface area contributed by atoms with Crippen molar-refractivity contribution in [3.05, 3.63) is 90.5 Å². The van der Waals surface area contributed by atoms with Crippen LogP contribution in [0.4, 0.5) is 8.78 Å². The summed E-state index contributed by atoms with van der Waals surface area (Å²) in [6, 6.07) is 22.7. The molecule has 4 aromatic rings. The van der Waals surface area contributed by atoms with E-state index in [0.717, 1.165) is 11.3 Å².